The van der Waals surface area contributed by atoms with Gasteiger partial charge in [0.25, 0.3) is 0 Å². The lowest BCUT2D eigenvalue weighted by Gasteiger charge is -2.24. The molecule has 0 spiro atoms. The van der Waals surface area contributed by atoms with Crippen LogP contribution in [0.2, 0.25) is 5.02 Å². The van der Waals surface area contributed by atoms with Crippen LogP contribution in [0.5, 0.6) is 0 Å². The molecular weight excluding hydrogens is 266 g/mol. The number of nitrogens with one attached hydrogen (secondary N) is 1. The third-order valence-electron chi connectivity index (χ3n) is 3.60. The van der Waals surface area contributed by atoms with Gasteiger partial charge in [-0.05, 0) is 30.5 Å². The molecule has 0 aliphatic heterocycles. The lowest BCUT2D eigenvalue weighted by Crippen LogP contribution is -2.24. The van der Waals surface area contributed by atoms with Crippen LogP contribution in [-0.4, -0.2) is 0 Å². The quantitative estimate of drug-likeness (QED) is 0.736. The normalized spacial score (nSPS) is 13.9. The summed E-state index contributed by atoms with van der Waals surface area (Å²) in [4.78, 5) is 0. The first-order valence-electron chi connectivity index (χ1n) is 7.27. The number of benzene rings is 2. The molecule has 1 nitrogen and oxygen atoms in total. The average molecular weight is 288 g/mol. The molecule has 2 aromatic rings. The zero-order chi connectivity index (χ0) is 14.4. The van der Waals surface area contributed by atoms with Gasteiger partial charge in [0.05, 0.1) is 0 Å². The summed E-state index contributed by atoms with van der Waals surface area (Å²) in [7, 11) is 0. The van der Waals surface area contributed by atoms with Crippen molar-refractivity contribution >= 4 is 11.6 Å². The Morgan fingerprint density at radius 3 is 2.30 bits per heavy atom. The average Bonchev–Trinajstić information content (AvgIpc) is 2.48. The summed E-state index contributed by atoms with van der Waals surface area (Å²) >= 11 is 6.29. The summed E-state index contributed by atoms with van der Waals surface area (Å²) in [6.07, 6.45) is 2.28. The van der Waals surface area contributed by atoms with E-state index in [2.05, 4.69) is 55.6 Å². The van der Waals surface area contributed by atoms with Gasteiger partial charge in [0, 0.05) is 17.1 Å². The van der Waals surface area contributed by atoms with E-state index >= 15 is 0 Å². The van der Waals surface area contributed by atoms with Crippen LogP contribution in [0.3, 0.4) is 0 Å². The van der Waals surface area contributed by atoms with Gasteiger partial charge in [-0.25, -0.2) is 0 Å². The van der Waals surface area contributed by atoms with Crippen molar-refractivity contribution in [3.63, 3.8) is 0 Å². The molecule has 0 heterocycles. The Hall–Kier alpha value is -1.31. The van der Waals surface area contributed by atoms with Crippen LogP contribution < -0.4 is 5.32 Å². The summed E-state index contributed by atoms with van der Waals surface area (Å²) in [6, 6.07) is 19.3. The Bertz CT molecular complexity index is 524. The topological polar surface area (TPSA) is 12.0 Å². The van der Waals surface area contributed by atoms with E-state index in [1.165, 1.54) is 5.56 Å². The molecule has 0 aromatic heterocycles. The molecule has 0 radical (unpaired) electrons. The molecule has 0 aliphatic rings. The van der Waals surface area contributed by atoms with Gasteiger partial charge >= 0.3 is 0 Å². The molecule has 1 unspecified atom stereocenters. The van der Waals surface area contributed by atoms with E-state index < -0.39 is 0 Å². The highest BCUT2D eigenvalue weighted by Crippen LogP contribution is 2.27. The highest BCUT2D eigenvalue weighted by molar-refractivity contribution is 6.31. The highest BCUT2D eigenvalue weighted by atomic mass is 35.5. The minimum Gasteiger partial charge on any atom is -0.303 e. The summed E-state index contributed by atoms with van der Waals surface area (Å²) in [5, 5.41) is 4.54. The Morgan fingerprint density at radius 1 is 1.00 bits per heavy atom. The lowest BCUT2D eigenvalue weighted by molar-refractivity contribution is 0.439. The Morgan fingerprint density at radius 2 is 1.65 bits per heavy atom. The SMILES string of the molecule is CCCC(N[C@H](C)c1ccccc1Cl)c1ccccc1. The molecule has 0 aliphatic carbocycles. The summed E-state index contributed by atoms with van der Waals surface area (Å²) in [5.74, 6) is 0. The van der Waals surface area contributed by atoms with Crippen LogP contribution in [0.1, 0.15) is 49.9 Å². The third kappa shape index (κ3) is 3.84. The van der Waals surface area contributed by atoms with Crippen molar-refractivity contribution in [3.05, 3.63) is 70.7 Å². The van der Waals surface area contributed by atoms with E-state index in [4.69, 9.17) is 11.6 Å². The fraction of sp³-hybridized carbons (Fsp3) is 0.333. The van der Waals surface area contributed by atoms with Crippen molar-refractivity contribution in [2.75, 3.05) is 0 Å². The molecule has 106 valence electrons. The zero-order valence-electron chi connectivity index (χ0n) is 12.1. The molecule has 1 N–H and O–H groups in total. The van der Waals surface area contributed by atoms with Gasteiger partial charge in [0.1, 0.15) is 0 Å². The fourth-order valence-electron chi connectivity index (χ4n) is 2.54. The Balaban J connectivity index is 2.14. The first-order chi connectivity index (χ1) is 9.72. The molecule has 0 bridgehead atoms. The van der Waals surface area contributed by atoms with Crippen LogP contribution in [0.15, 0.2) is 54.6 Å². The minimum absolute atomic E-state index is 0.237. The van der Waals surface area contributed by atoms with Gasteiger partial charge in [0.2, 0.25) is 0 Å². The van der Waals surface area contributed by atoms with Crippen LogP contribution in [0.25, 0.3) is 0 Å². The maximum Gasteiger partial charge on any atom is 0.0453 e. The van der Waals surface area contributed by atoms with Crippen molar-refractivity contribution in [1.29, 1.82) is 0 Å². The Labute approximate surface area is 127 Å². The largest absolute Gasteiger partial charge is 0.303 e. The van der Waals surface area contributed by atoms with E-state index in [0.717, 1.165) is 23.4 Å². The first kappa shape index (κ1) is 15.1. The molecule has 2 aromatic carbocycles. The maximum absolute atomic E-state index is 6.29. The van der Waals surface area contributed by atoms with E-state index in [1.807, 2.05) is 18.2 Å². The summed E-state index contributed by atoms with van der Waals surface area (Å²) < 4.78 is 0. The molecule has 2 heteroatoms. The van der Waals surface area contributed by atoms with Gasteiger partial charge < -0.3 is 5.32 Å². The predicted molar refractivity (Wildman–Crippen MR) is 87.1 cm³/mol. The van der Waals surface area contributed by atoms with E-state index in [-0.39, 0.29) is 6.04 Å². The molecule has 20 heavy (non-hydrogen) atoms. The monoisotopic (exact) mass is 287 g/mol. The fourth-order valence-corrected chi connectivity index (χ4v) is 2.84. The second-order valence-electron chi connectivity index (χ2n) is 5.16. The number of rotatable bonds is 6. The Kier molecular flexibility index (Phi) is 5.63. The number of hydrogen-bond acceptors (Lipinski definition) is 1. The summed E-state index contributed by atoms with van der Waals surface area (Å²) in [6.45, 7) is 4.39. The lowest BCUT2D eigenvalue weighted by atomic mass is 9.99. The summed E-state index contributed by atoms with van der Waals surface area (Å²) in [5.41, 5.74) is 2.50. The predicted octanol–water partition coefficient (Wildman–Crippen LogP) is 5.53. The van der Waals surface area contributed by atoms with E-state index in [0.29, 0.717) is 6.04 Å². The highest BCUT2D eigenvalue weighted by Gasteiger charge is 2.15. The van der Waals surface area contributed by atoms with Crippen molar-refractivity contribution in [2.45, 2.75) is 38.8 Å². The second-order valence-corrected chi connectivity index (χ2v) is 5.57. The standard InChI is InChI=1S/C18H22ClN/c1-3-9-18(15-10-5-4-6-11-15)20-14(2)16-12-7-8-13-17(16)19/h4-8,10-14,18,20H,3,9H2,1-2H3/t14-,18?/m1/s1. The van der Waals surface area contributed by atoms with Gasteiger partial charge in [-0.3, -0.25) is 0 Å². The van der Waals surface area contributed by atoms with Crippen molar-refractivity contribution in [1.82, 2.24) is 5.32 Å². The molecule has 2 atom stereocenters. The second kappa shape index (κ2) is 7.47. The zero-order valence-corrected chi connectivity index (χ0v) is 12.9. The molecule has 2 rings (SSSR count). The molecule has 0 amide bonds. The van der Waals surface area contributed by atoms with Crippen molar-refractivity contribution < 1.29 is 0 Å². The number of hydrogen-bond donors (Lipinski definition) is 1. The smallest absolute Gasteiger partial charge is 0.0453 e. The van der Waals surface area contributed by atoms with Gasteiger partial charge in [0.15, 0.2) is 0 Å². The van der Waals surface area contributed by atoms with Crippen LogP contribution >= 0.6 is 11.6 Å². The molecule has 0 saturated heterocycles. The minimum atomic E-state index is 0.237. The van der Waals surface area contributed by atoms with Gasteiger partial charge in [-0.15, -0.1) is 0 Å². The number of halogens is 1. The van der Waals surface area contributed by atoms with E-state index in [1.54, 1.807) is 0 Å². The van der Waals surface area contributed by atoms with Crippen LogP contribution in [0, 0.1) is 0 Å². The molecule has 0 saturated carbocycles. The maximum atomic E-state index is 6.29. The van der Waals surface area contributed by atoms with Crippen LogP contribution in [0.4, 0.5) is 0 Å². The van der Waals surface area contributed by atoms with Crippen molar-refractivity contribution in [2.24, 2.45) is 0 Å². The van der Waals surface area contributed by atoms with E-state index in [9.17, 15) is 0 Å². The van der Waals surface area contributed by atoms with Gasteiger partial charge in [-0.1, -0.05) is 73.5 Å². The van der Waals surface area contributed by atoms with Crippen molar-refractivity contribution in [3.8, 4) is 0 Å². The first-order valence-corrected chi connectivity index (χ1v) is 7.65. The van der Waals surface area contributed by atoms with Gasteiger partial charge in [-0.2, -0.15) is 0 Å². The molecule has 0 fully saturated rings. The third-order valence-corrected chi connectivity index (χ3v) is 3.95. The van der Waals surface area contributed by atoms with Crippen LogP contribution in [-0.2, 0) is 0 Å². The molecular formula is C18H22ClN.